The number of pyridine rings is 1. The van der Waals surface area contributed by atoms with Crippen LogP contribution in [0.25, 0.3) is 0 Å². The molecule has 0 bridgehead atoms. The maximum absolute atomic E-state index is 15.1. The molecule has 2 atom stereocenters. The van der Waals surface area contributed by atoms with Gasteiger partial charge in [-0.1, -0.05) is 30.0 Å². The van der Waals surface area contributed by atoms with Crippen LogP contribution >= 0.6 is 27.7 Å². The molecule has 1 amide bonds. The quantitative estimate of drug-likeness (QED) is 0.669. The largest absolute Gasteiger partial charge is 0.304 e. The van der Waals surface area contributed by atoms with Crippen molar-refractivity contribution < 1.29 is 18.0 Å². The zero-order chi connectivity index (χ0) is 19.8. The third kappa shape index (κ3) is 3.62. The van der Waals surface area contributed by atoms with Gasteiger partial charge in [0.25, 0.3) is 5.92 Å². The van der Waals surface area contributed by atoms with Gasteiger partial charge in [0.1, 0.15) is 10.4 Å². The number of aliphatic imine (C=N–C) groups is 1. The summed E-state index contributed by atoms with van der Waals surface area (Å²) in [6.07, 6.45) is 1.24. The van der Waals surface area contributed by atoms with E-state index in [-0.39, 0.29) is 15.3 Å². The van der Waals surface area contributed by atoms with E-state index < -0.39 is 28.4 Å². The van der Waals surface area contributed by atoms with Gasteiger partial charge in [-0.05, 0) is 48.0 Å². The zero-order valence-corrected chi connectivity index (χ0v) is 16.7. The second kappa shape index (κ2) is 7.27. The lowest BCUT2D eigenvalue weighted by Gasteiger charge is -2.30. The Bertz CT molecular complexity index is 924. The van der Waals surface area contributed by atoms with Crippen LogP contribution in [0.1, 0.15) is 31.0 Å². The van der Waals surface area contributed by atoms with E-state index in [1.807, 2.05) is 0 Å². The number of amides is 1. The summed E-state index contributed by atoms with van der Waals surface area (Å²) in [6.45, 7) is 2.80. The van der Waals surface area contributed by atoms with E-state index >= 15 is 8.78 Å². The average Bonchev–Trinajstić information content (AvgIpc) is 2.90. The third-order valence-corrected chi connectivity index (χ3v) is 5.99. The molecule has 1 saturated heterocycles. The van der Waals surface area contributed by atoms with E-state index in [1.54, 1.807) is 25.1 Å². The minimum atomic E-state index is -3.48. The van der Waals surface area contributed by atoms with Crippen molar-refractivity contribution in [2.45, 2.75) is 30.6 Å². The van der Waals surface area contributed by atoms with Crippen molar-refractivity contribution in [2.75, 3.05) is 0 Å². The molecule has 1 N–H and O–H groups in total. The number of rotatable bonds is 4. The first-order valence-corrected chi connectivity index (χ1v) is 9.58. The van der Waals surface area contributed by atoms with E-state index in [9.17, 15) is 9.18 Å². The van der Waals surface area contributed by atoms with Crippen molar-refractivity contribution in [3.63, 3.8) is 0 Å². The van der Waals surface area contributed by atoms with Gasteiger partial charge in [0, 0.05) is 17.3 Å². The molecular formula is C18H15BrF3N3OS. The maximum Gasteiger partial charge on any atom is 0.296 e. The van der Waals surface area contributed by atoms with E-state index in [1.165, 1.54) is 24.4 Å². The number of nitrogens with one attached hydrogen (secondary N) is 1. The molecular weight excluding hydrogens is 443 g/mol. The van der Waals surface area contributed by atoms with Crippen molar-refractivity contribution in [3.8, 4) is 0 Å². The lowest BCUT2D eigenvalue weighted by atomic mass is 9.95. The summed E-state index contributed by atoms with van der Waals surface area (Å²) in [6, 6.07) is 7.78. The Balaban J connectivity index is 1.91. The van der Waals surface area contributed by atoms with Crippen molar-refractivity contribution in [2.24, 2.45) is 4.99 Å². The number of benzene rings is 1. The second-order valence-corrected chi connectivity index (χ2v) is 8.38. The van der Waals surface area contributed by atoms with Crippen LogP contribution in [0.15, 0.2) is 52.2 Å². The van der Waals surface area contributed by atoms with Crippen LogP contribution in [0.4, 0.5) is 13.2 Å². The predicted molar refractivity (Wildman–Crippen MR) is 102 cm³/mol. The molecule has 0 aliphatic carbocycles. The minimum absolute atomic E-state index is 0.0334. The van der Waals surface area contributed by atoms with Gasteiger partial charge >= 0.3 is 0 Å². The van der Waals surface area contributed by atoms with Crippen LogP contribution < -0.4 is 5.32 Å². The number of alkyl halides is 2. The first kappa shape index (κ1) is 19.9. The Labute approximate surface area is 166 Å². The Morgan fingerprint density at radius 1 is 1.33 bits per heavy atom. The standard InChI is InChI=1S/C18H15BrF3N3OS/c1-10(12-5-3-4-6-13(12)20)24-16-25-15(26)17(2,27-16)18(21,22)11-7-8-23-14(19)9-11/h3-10H,1-2H3,(H,24,25,26)/t10-,17?/m0/s1. The molecule has 1 fully saturated rings. The molecule has 4 nitrogen and oxygen atoms in total. The SMILES string of the molecule is C[C@H](N=C1NC(=O)C(C)(C(F)(F)c2ccnc(Br)c2)S1)c1ccccc1F. The summed E-state index contributed by atoms with van der Waals surface area (Å²) in [5.41, 5.74) is -0.0174. The van der Waals surface area contributed by atoms with Crippen LogP contribution in [0.5, 0.6) is 0 Å². The van der Waals surface area contributed by atoms with Crippen LogP contribution in [-0.2, 0) is 10.7 Å². The maximum atomic E-state index is 15.1. The lowest BCUT2D eigenvalue weighted by Crippen LogP contribution is -2.47. The summed E-state index contributed by atoms with van der Waals surface area (Å²) < 4.78 is 42.3. The molecule has 0 saturated carbocycles. The molecule has 3 rings (SSSR count). The molecule has 1 aliphatic rings. The summed E-state index contributed by atoms with van der Waals surface area (Å²) in [7, 11) is 0. The van der Waals surface area contributed by atoms with Crippen LogP contribution in [-0.4, -0.2) is 20.8 Å². The zero-order valence-electron chi connectivity index (χ0n) is 14.3. The summed E-state index contributed by atoms with van der Waals surface area (Å²) in [4.78, 5) is 20.5. The summed E-state index contributed by atoms with van der Waals surface area (Å²) in [5, 5.41) is 2.43. The highest BCUT2D eigenvalue weighted by Crippen LogP contribution is 2.50. The number of hydrogen-bond donors (Lipinski definition) is 1. The number of thioether (sulfide) groups is 1. The van der Waals surface area contributed by atoms with Gasteiger partial charge in [-0.3, -0.25) is 9.79 Å². The fraction of sp³-hybridized carbons (Fsp3) is 0.278. The first-order valence-electron chi connectivity index (χ1n) is 7.97. The molecule has 0 spiro atoms. The van der Waals surface area contributed by atoms with E-state index in [0.717, 1.165) is 6.92 Å². The third-order valence-electron chi connectivity index (χ3n) is 4.31. The van der Waals surface area contributed by atoms with E-state index in [2.05, 4.69) is 31.2 Å². The van der Waals surface area contributed by atoms with Gasteiger partial charge in [0.15, 0.2) is 9.91 Å². The number of carbonyl (C=O) groups is 1. The highest BCUT2D eigenvalue weighted by atomic mass is 79.9. The van der Waals surface area contributed by atoms with E-state index in [4.69, 9.17) is 0 Å². The number of hydrogen-bond acceptors (Lipinski definition) is 4. The normalized spacial score (nSPS) is 22.7. The van der Waals surface area contributed by atoms with Gasteiger partial charge < -0.3 is 5.32 Å². The Morgan fingerprint density at radius 3 is 2.70 bits per heavy atom. The smallest absolute Gasteiger partial charge is 0.296 e. The van der Waals surface area contributed by atoms with Gasteiger partial charge in [-0.15, -0.1) is 0 Å². The predicted octanol–water partition coefficient (Wildman–Crippen LogP) is 4.81. The molecule has 9 heteroatoms. The topological polar surface area (TPSA) is 54.4 Å². The molecule has 142 valence electrons. The fourth-order valence-corrected chi connectivity index (χ4v) is 4.18. The highest BCUT2D eigenvalue weighted by molar-refractivity contribution is 9.10. The van der Waals surface area contributed by atoms with Crippen LogP contribution in [0.2, 0.25) is 0 Å². The molecule has 1 aliphatic heterocycles. The average molecular weight is 458 g/mol. The number of amidine groups is 1. The lowest BCUT2D eigenvalue weighted by molar-refractivity contribution is -0.132. The summed E-state index contributed by atoms with van der Waals surface area (Å²) >= 11 is 3.70. The van der Waals surface area contributed by atoms with Crippen LogP contribution in [0.3, 0.4) is 0 Å². The van der Waals surface area contributed by atoms with Gasteiger partial charge in [0.2, 0.25) is 5.91 Å². The Hall–Kier alpha value is -1.87. The second-order valence-electron chi connectivity index (χ2n) is 6.16. The highest BCUT2D eigenvalue weighted by Gasteiger charge is 2.61. The number of aromatic nitrogens is 1. The Kier molecular flexibility index (Phi) is 5.36. The molecule has 1 aromatic carbocycles. The van der Waals surface area contributed by atoms with Crippen LogP contribution in [0, 0.1) is 5.82 Å². The minimum Gasteiger partial charge on any atom is -0.304 e. The number of halogens is 4. The van der Waals surface area contributed by atoms with Gasteiger partial charge in [-0.2, -0.15) is 8.78 Å². The van der Waals surface area contributed by atoms with Crippen molar-refractivity contribution in [3.05, 3.63) is 64.1 Å². The van der Waals surface area contributed by atoms with Crippen molar-refractivity contribution >= 4 is 38.8 Å². The Morgan fingerprint density at radius 2 is 2.04 bits per heavy atom. The first-order chi connectivity index (χ1) is 12.6. The molecule has 1 unspecified atom stereocenters. The molecule has 27 heavy (non-hydrogen) atoms. The fourth-order valence-electron chi connectivity index (χ4n) is 2.68. The van der Waals surface area contributed by atoms with E-state index in [0.29, 0.717) is 17.3 Å². The number of carbonyl (C=O) groups excluding carboxylic acids is 1. The van der Waals surface area contributed by atoms with Gasteiger partial charge in [-0.25, -0.2) is 9.37 Å². The molecule has 2 heterocycles. The van der Waals surface area contributed by atoms with Gasteiger partial charge in [0.05, 0.1) is 6.04 Å². The molecule has 2 aromatic rings. The summed E-state index contributed by atoms with van der Waals surface area (Å²) in [5.74, 6) is -4.78. The van der Waals surface area contributed by atoms with Crippen molar-refractivity contribution in [1.29, 1.82) is 0 Å². The van der Waals surface area contributed by atoms with Crippen molar-refractivity contribution in [1.82, 2.24) is 10.3 Å². The molecule has 0 radical (unpaired) electrons. The molecule has 1 aromatic heterocycles. The number of nitrogens with zero attached hydrogens (tertiary/aromatic N) is 2. The monoisotopic (exact) mass is 457 g/mol.